The minimum absolute atomic E-state index is 0. The van der Waals surface area contributed by atoms with Gasteiger partial charge in [0.05, 0.1) is 10.8 Å². The van der Waals surface area contributed by atoms with Crippen LogP contribution in [0.2, 0.25) is 0 Å². The number of carbonyl (C=O) groups excluding carboxylic acids is 1. The van der Waals surface area contributed by atoms with Crippen LogP contribution in [0, 0.1) is 0 Å². The van der Waals surface area contributed by atoms with Gasteiger partial charge in [-0.15, -0.1) is 0 Å². The van der Waals surface area contributed by atoms with Crippen molar-refractivity contribution >= 4 is 27.2 Å². The molecule has 0 aliphatic carbocycles. The van der Waals surface area contributed by atoms with Gasteiger partial charge in [-0.25, -0.2) is 8.42 Å². The van der Waals surface area contributed by atoms with Crippen LogP contribution in [0.5, 0.6) is 0 Å². The molecule has 0 saturated carbocycles. The third-order valence-corrected chi connectivity index (χ3v) is 5.12. The average Bonchev–Trinajstić information content (AvgIpc) is 2.68. The number of hydrogen-bond acceptors (Lipinski definition) is 5. The standard InChI is InChI=1S/C19H18N2O4S.Na/c1-2-18(22)21-26(23,24)16-10-8-14(9-11-16)17-12-13-25-20-19(17)15-6-4-3-5-7-15;/h3-12H,2,13H2,1H3,(H,21,22);/q;+1/p-1. The van der Waals surface area contributed by atoms with Gasteiger partial charge >= 0.3 is 29.6 Å². The van der Waals surface area contributed by atoms with Crippen LogP contribution < -0.4 is 29.6 Å². The van der Waals surface area contributed by atoms with E-state index in [0.717, 1.165) is 16.7 Å². The molecule has 2 aromatic rings. The van der Waals surface area contributed by atoms with Crippen molar-refractivity contribution in [1.29, 1.82) is 0 Å². The van der Waals surface area contributed by atoms with Crippen molar-refractivity contribution in [3.8, 4) is 0 Å². The third-order valence-electron chi connectivity index (χ3n) is 3.81. The Morgan fingerprint density at radius 1 is 1.07 bits per heavy atom. The van der Waals surface area contributed by atoms with Crippen molar-refractivity contribution in [1.82, 2.24) is 0 Å². The van der Waals surface area contributed by atoms with Gasteiger partial charge in [0.15, 0.2) is 0 Å². The van der Waals surface area contributed by atoms with Gasteiger partial charge < -0.3 is 14.4 Å². The van der Waals surface area contributed by atoms with Crippen LogP contribution in [0.15, 0.2) is 70.7 Å². The van der Waals surface area contributed by atoms with E-state index in [4.69, 9.17) is 4.84 Å². The molecule has 3 rings (SSSR count). The van der Waals surface area contributed by atoms with Crippen molar-refractivity contribution < 1.29 is 47.6 Å². The molecule has 0 bridgehead atoms. The Kier molecular flexibility index (Phi) is 7.38. The molecule has 134 valence electrons. The van der Waals surface area contributed by atoms with Crippen LogP contribution in [-0.2, 0) is 19.7 Å². The van der Waals surface area contributed by atoms with Gasteiger partial charge in [-0.2, -0.15) is 0 Å². The van der Waals surface area contributed by atoms with Gasteiger partial charge in [0.25, 0.3) is 0 Å². The van der Waals surface area contributed by atoms with Crippen molar-refractivity contribution in [2.24, 2.45) is 5.16 Å². The summed E-state index contributed by atoms with van der Waals surface area (Å²) < 4.78 is 27.5. The van der Waals surface area contributed by atoms with Gasteiger partial charge in [-0.05, 0) is 30.2 Å². The number of amides is 1. The molecule has 0 unspecified atom stereocenters. The van der Waals surface area contributed by atoms with Crippen LogP contribution in [-0.4, -0.2) is 26.6 Å². The summed E-state index contributed by atoms with van der Waals surface area (Å²) in [5.74, 6) is -0.667. The Bertz CT molecular complexity index is 969. The van der Waals surface area contributed by atoms with Crippen LogP contribution in [0.1, 0.15) is 24.5 Å². The summed E-state index contributed by atoms with van der Waals surface area (Å²) in [4.78, 5) is 16.5. The fourth-order valence-electron chi connectivity index (χ4n) is 2.48. The zero-order valence-corrected chi connectivity index (χ0v) is 17.9. The van der Waals surface area contributed by atoms with Gasteiger partial charge in [-0.1, -0.05) is 54.5 Å². The first kappa shape index (κ1) is 21.4. The predicted octanol–water partition coefficient (Wildman–Crippen LogP) is 0.507. The molecule has 0 N–H and O–H groups in total. The van der Waals surface area contributed by atoms with Crippen molar-refractivity contribution in [3.05, 3.63) is 76.5 Å². The van der Waals surface area contributed by atoms with E-state index in [0.29, 0.717) is 12.3 Å². The number of oxime groups is 1. The van der Waals surface area contributed by atoms with Crippen LogP contribution >= 0.6 is 0 Å². The second-order valence-electron chi connectivity index (χ2n) is 5.56. The van der Waals surface area contributed by atoms with E-state index in [9.17, 15) is 13.2 Å². The summed E-state index contributed by atoms with van der Waals surface area (Å²) in [6, 6.07) is 15.8. The maximum atomic E-state index is 12.1. The molecule has 1 aliphatic heterocycles. The summed E-state index contributed by atoms with van der Waals surface area (Å²) in [5.41, 5.74) is 3.24. The normalized spacial score (nSPS) is 13.5. The second kappa shape index (κ2) is 9.32. The average molecular weight is 392 g/mol. The molecule has 1 aliphatic rings. The molecule has 0 radical (unpaired) electrons. The molecular formula is C19H17N2NaO4S. The first-order valence-corrected chi connectivity index (χ1v) is 9.52. The monoisotopic (exact) mass is 392 g/mol. The number of allylic oxidation sites excluding steroid dienone is 1. The minimum Gasteiger partial charge on any atom is -0.542 e. The number of benzene rings is 2. The van der Waals surface area contributed by atoms with E-state index >= 15 is 0 Å². The Morgan fingerprint density at radius 2 is 1.74 bits per heavy atom. The number of rotatable bonds is 5. The molecule has 8 heteroatoms. The fourth-order valence-corrected chi connectivity index (χ4v) is 3.47. The van der Waals surface area contributed by atoms with E-state index in [1.54, 1.807) is 19.1 Å². The van der Waals surface area contributed by atoms with Crippen molar-refractivity contribution in [3.63, 3.8) is 0 Å². The maximum Gasteiger partial charge on any atom is 1.00 e. The number of carbonyl (C=O) groups is 1. The van der Waals surface area contributed by atoms with E-state index in [-0.39, 0.29) is 40.9 Å². The van der Waals surface area contributed by atoms with E-state index in [1.807, 2.05) is 36.4 Å². The molecule has 0 aromatic heterocycles. The first-order valence-electron chi connectivity index (χ1n) is 8.08. The van der Waals surface area contributed by atoms with E-state index < -0.39 is 15.9 Å². The Hall–Kier alpha value is -1.93. The van der Waals surface area contributed by atoms with Gasteiger partial charge in [-0.3, -0.25) is 0 Å². The Morgan fingerprint density at radius 3 is 2.37 bits per heavy atom. The predicted molar refractivity (Wildman–Crippen MR) is 99.2 cm³/mol. The van der Waals surface area contributed by atoms with Gasteiger partial charge in [0.2, 0.25) is 0 Å². The molecular weight excluding hydrogens is 375 g/mol. The first-order chi connectivity index (χ1) is 12.5. The quantitative estimate of drug-likeness (QED) is 0.694. The summed E-state index contributed by atoms with van der Waals surface area (Å²) >= 11 is 0. The van der Waals surface area contributed by atoms with E-state index in [1.165, 1.54) is 12.1 Å². The van der Waals surface area contributed by atoms with Gasteiger partial charge in [0.1, 0.15) is 22.3 Å². The smallest absolute Gasteiger partial charge is 0.542 e. The molecule has 1 amide bonds. The van der Waals surface area contributed by atoms with Crippen molar-refractivity contribution in [2.75, 3.05) is 6.61 Å². The number of hydrogen-bond donors (Lipinski definition) is 0. The molecule has 6 nitrogen and oxygen atoms in total. The molecule has 1 heterocycles. The Labute approximate surface area is 180 Å². The van der Waals surface area contributed by atoms with E-state index in [2.05, 4.69) is 9.88 Å². The second-order valence-corrected chi connectivity index (χ2v) is 7.16. The summed E-state index contributed by atoms with van der Waals surface area (Å²) in [5, 5.41) is 4.15. The summed E-state index contributed by atoms with van der Waals surface area (Å²) in [6.07, 6.45) is 1.94. The molecule has 0 fully saturated rings. The molecule has 27 heavy (non-hydrogen) atoms. The van der Waals surface area contributed by atoms with Gasteiger partial charge in [0, 0.05) is 11.1 Å². The van der Waals surface area contributed by atoms with Crippen LogP contribution in [0.25, 0.3) is 10.3 Å². The largest absolute Gasteiger partial charge is 1.00 e. The fraction of sp³-hybridized carbons (Fsp3) is 0.158. The SMILES string of the molecule is CCC(=O)[N-]S(=O)(=O)c1ccc(C2=CCON=C2c2ccccc2)cc1.[Na+]. The third kappa shape index (κ3) is 5.07. The maximum absolute atomic E-state index is 12.1. The molecule has 0 atom stereocenters. The zero-order chi connectivity index (χ0) is 18.6. The summed E-state index contributed by atoms with van der Waals surface area (Å²) in [6.45, 7) is 1.90. The number of nitrogens with zero attached hydrogens (tertiary/aromatic N) is 2. The van der Waals surface area contributed by atoms with Crippen LogP contribution in [0.4, 0.5) is 0 Å². The molecule has 0 saturated heterocycles. The summed E-state index contributed by atoms with van der Waals surface area (Å²) in [7, 11) is -3.98. The van der Waals surface area contributed by atoms with Crippen molar-refractivity contribution in [2.45, 2.75) is 18.2 Å². The Balaban J connectivity index is 0.00000261. The van der Waals surface area contributed by atoms with Crippen LogP contribution in [0.3, 0.4) is 0 Å². The number of sulfonamides is 1. The topological polar surface area (TPSA) is 86.9 Å². The minimum atomic E-state index is -3.98. The molecule has 2 aromatic carbocycles. The zero-order valence-electron chi connectivity index (χ0n) is 15.1. The molecule has 0 spiro atoms.